The highest BCUT2D eigenvalue weighted by Gasteiger charge is 2.18. The number of nitrogens with one attached hydrogen (secondary N) is 2. The van der Waals surface area contributed by atoms with Crippen molar-refractivity contribution in [2.75, 3.05) is 25.0 Å². The average molecular weight is 292 g/mol. The molecule has 3 heterocycles. The third kappa shape index (κ3) is 4.04. The first-order valence-corrected chi connectivity index (χ1v) is 7.97. The van der Waals surface area contributed by atoms with Crippen LogP contribution in [0.25, 0.3) is 0 Å². The zero-order valence-electron chi connectivity index (χ0n) is 12.4. The molecule has 2 saturated heterocycles. The lowest BCUT2D eigenvalue weighted by molar-refractivity contribution is -0.116. The Morgan fingerprint density at radius 3 is 3.05 bits per heavy atom. The summed E-state index contributed by atoms with van der Waals surface area (Å²) in [5.74, 6) is 0.0513. The minimum Gasteiger partial charge on any atom is -0.378 e. The SMILES string of the molecule is O=C(CCC1CCCO1)Nc1cnn(C2CCNCC2)c1. The molecule has 6 nitrogen and oxygen atoms in total. The number of ether oxygens (including phenoxy) is 1. The Morgan fingerprint density at radius 2 is 2.29 bits per heavy atom. The lowest BCUT2D eigenvalue weighted by Crippen LogP contribution is -2.29. The lowest BCUT2D eigenvalue weighted by atomic mass is 10.1. The summed E-state index contributed by atoms with van der Waals surface area (Å²) in [6.45, 7) is 2.91. The lowest BCUT2D eigenvalue weighted by Gasteiger charge is -2.22. The molecule has 21 heavy (non-hydrogen) atoms. The van der Waals surface area contributed by atoms with E-state index in [1.807, 2.05) is 10.9 Å². The summed E-state index contributed by atoms with van der Waals surface area (Å²) in [6, 6.07) is 0.448. The Kier molecular flexibility index (Phi) is 4.87. The molecular formula is C15H24N4O2. The van der Waals surface area contributed by atoms with Gasteiger partial charge in [-0.15, -0.1) is 0 Å². The van der Waals surface area contributed by atoms with Crippen molar-refractivity contribution in [2.24, 2.45) is 0 Å². The second kappa shape index (κ2) is 7.04. The molecule has 2 aliphatic heterocycles. The van der Waals surface area contributed by atoms with E-state index in [4.69, 9.17) is 4.74 Å². The number of hydrogen-bond donors (Lipinski definition) is 2. The smallest absolute Gasteiger partial charge is 0.224 e. The Balaban J connectivity index is 1.45. The topological polar surface area (TPSA) is 68.2 Å². The van der Waals surface area contributed by atoms with Gasteiger partial charge in [0.15, 0.2) is 0 Å². The highest BCUT2D eigenvalue weighted by Crippen LogP contribution is 2.20. The molecule has 0 radical (unpaired) electrons. The van der Waals surface area contributed by atoms with E-state index in [0.717, 1.165) is 57.5 Å². The van der Waals surface area contributed by atoms with Gasteiger partial charge in [-0.2, -0.15) is 5.10 Å². The van der Waals surface area contributed by atoms with Gasteiger partial charge in [0.05, 0.1) is 24.0 Å². The predicted octanol–water partition coefficient (Wildman–Crippen LogP) is 1.71. The number of anilines is 1. The number of hydrogen-bond acceptors (Lipinski definition) is 4. The van der Waals surface area contributed by atoms with Gasteiger partial charge in [0, 0.05) is 19.2 Å². The van der Waals surface area contributed by atoms with E-state index in [2.05, 4.69) is 15.7 Å². The molecule has 0 saturated carbocycles. The van der Waals surface area contributed by atoms with Gasteiger partial charge in [-0.3, -0.25) is 9.48 Å². The fourth-order valence-corrected chi connectivity index (χ4v) is 3.06. The minimum atomic E-state index is 0.0513. The molecule has 2 N–H and O–H groups in total. The van der Waals surface area contributed by atoms with Gasteiger partial charge in [0.2, 0.25) is 5.91 Å². The number of amides is 1. The van der Waals surface area contributed by atoms with Gasteiger partial charge in [0.1, 0.15) is 0 Å². The molecule has 1 amide bonds. The molecule has 1 unspecified atom stereocenters. The Hall–Kier alpha value is -1.40. The van der Waals surface area contributed by atoms with Crippen molar-refractivity contribution in [1.29, 1.82) is 0 Å². The predicted molar refractivity (Wildman–Crippen MR) is 80.2 cm³/mol. The summed E-state index contributed by atoms with van der Waals surface area (Å²) in [4.78, 5) is 11.9. The zero-order chi connectivity index (χ0) is 14.5. The van der Waals surface area contributed by atoms with Gasteiger partial charge in [0.25, 0.3) is 0 Å². The Bertz CT molecular complexity index is 462. The third-order valence-corrected chi connectivity index (χ3v) is 4.29. The molecule has 6 heteroatoms. The number of piperidine rings is 1. The maximum Gasteiger partial charge on any atom is 0.224 e. The van der Waals surface area contributed by atoms with Gasteiger partial charge < -0.3 is 15.4 Å². The number of nitrogens with zero attached hydrogens (tertiary/aromatic N) is 2. The number of rotatable bonds is 5. The van der Waals surface area contributed by atoms with Crippen molar-refractivity contribution in [3.8, 4) is 0 Å². The number of aromatic nitrogens is 2. The van der Waals surface area contributed by atoms with Crippen molar-refractivity contribution in [3.05, 3.63) is 12.4 Å². The van der Waals surface area contributed by atoms with Gasteiger partial charge in [-0.25, -0.2) is 0 Å². The molecule has 0 bridgehead atoms. The van der Waals surface area contributed by atoms with Crippen LogP contribution in [0.1, 0.15) is 44.6 Å². The fraction of sp³-hybridized carbons (Fsp3) is 0.733. The van der Waals surface area contributed by atoms with E-state index in [1.165, 1.54) is 0 Å². The molecule has 3 rings (SSSR count). The van der Waals surface area contributed by atoms with E-state index in [1.54, 1.807) is 6.20 Å². The molecule has 1 aromatic rings. The first kappa shape index (κ1) is 14.5. The zero-order valence-corrected chi connectivity index (χ0v) is 12.4. The first-order valence-electron chi connectivity index (χ1n) is 7.97. The van der Waals surface area contributed by atoms with E-state index in [9.17, 15) is 4.79 Å². The Labute approximate surface area is 125 Å². The third-order valence-electron chi connectivity index (χ3n) is 4.29. The largest absolute Gasteiger partial charge is 0.378 e. The minimum absolute atomic E-state index is 0.0513. The quantitative estimate of drug-likeness (QED) is 0.867. The summed E-state index contributed by atoms with van der Waals surface area (Å²) in [5.41, 5.74) is 0.797. The standard InChI is InChI=1S/C15H24N4O2/c20-15(4-3-14-2-1-9-21-14)18-12-10-17-19(11-12)13-5-7-16-8-6-13/h10-11,13-14,16H,1-9H2,(H,18,20). The van der Waals surface area contributed by atoms with Crippen LogP contribution in [0.4, 0.5) is 5.69 Å². The van der Waals surface area contributed by atoms with Gasteiger partial charge >= 0.3 is 0 Å². The van der Waals surface area contributed by atoms with Crippen molar-refractivity contribution in [1.82, 2.24) is 15.1 Å². The molecule has 1 aromatic heterocycles. The Morgan fingerprint density at radius 1 is 1.43 bits per heavy atom. The molecule has 0 aliphatic carbocycles. The summed E-state index contributed by atoms with van der Waals surface area (Å²) in [5, 5.41) is 10.7. The van der Waals surface area contributed by atoms with Crippen LogP contribution in [-0.4, -0.2) is 41.5 Å². The first-order chi connectivity index (χ1) is 10.3. The molecule has 0 aromatic carbocycles. The highest BCUT2D eigenvalue weighted by molar-refractivity contribution is 5.90. The van der Waals surface area contributed by atoms with E-state index in [-0.39, 0.29) is 12.0 Å². The highest BCUT2D eigenvalue weighted by atomic mass is 16.5. The molecule has 2 fully saturated rings. The van der Waals surface area contributed by atoms with Crippen molar-refractivity contribution < 1.29 is 9.53 Å². The van der Waals surface area contributed by atoms with Crippen molar-refractivity contribution >= 4 is 11.6 Å². The second-order valence-corrected chi connectivity index (χ2v) is 5.91. The maximum absolute atomic E-state index is 11.9. The molecule has 116 valence electrons. The van der Waals surface area contributed by atoms with Crippen LogP contribution in [0.3, 0.4) is 0 Å². The monoisotopic (exact) mass is 292 g/mol. The molecule has 2 aliphatic rings. The normalized spacial score (nSPS) is 23.3. The summed E-state index contributed by atoms with van der Waals surface area (Å²) in [7, 11) is 0. The van der Waals surface area contributed by atoms with Gasteiger partial charge in [-0.1, -0.05) is 0 Å². The molecule has 0 spiro atoms. The van der Waals surface area contributed by atoms with Crippen LogP contribution in [0, 0.1) is 0 Å². The molecular weight excluding hydrogens is 268 g/mol. The second-order valence-electron chi connectivity index (χ2n) is 5.91. The van der Waals surface area contributed by atoms with E-state index >= 15 is 0 Å². The van der Waals surface area contributed by atoms with Crippen molar-refractivity contribution in [3.63, 3.8) is 0 Å². The van der Waals surface area contributed by atoms with E-state index in [0.29, 0.717) is 12.5 Å². The summed E-state index contributed by atoms with van der Waals surface area (Å²) >= 11 is 0. The number of carbonyl (C=O) groups is 1. The molecule has 1 atom stereocenters. The van der Waals surface area contributed by atoms with Crippen LogP contribution in [0.5, 0.6) is 0 Å². The van der Waals surface area contributed by atoms with Gasteiger partial charge in [-0.05, 0) is 45.2 Å². The summed E-state index contributed by atoms with van der Waals surface area (Å²) in [6.07, 6.45) is 9.68. The van der Waals surface area contributed by atoms with Crippen molar-refractivity contribution in [2.45, 2.75) is 50.7 Å². The fourth-order valence-electron chi connectivity index (χ4n) is 3.06. The summed E-state index contributed by atoms with van der Waals surface area (Å²) < 4.78 is 7.52. The van der Waals surface area contributed by atoms with Crippen LogP contribution in [0.2, 0.25) is 0 Å². The van der Waals surface area contributed by atoms with Crippen LogP contribution in [0.15, 0.2) is 12.4 Å². The van der Waals surface area contributed by atoms with E-state index < -0.39 is 0 Å². The number of carbonyl (C=O) groups excluding carboxylic acids is 1. The van der Waals surface area contributed by atoms with Crippen LogP contribution in [-0.2, 0) is 9.53 Å². The van der Waals surface area contributed by atoms with Crippen LogP contribution < -0.4 is 10.6 Å². The maximum atomic E-state index is 11.9. The van der Waals surface area contributed by atoms with Crippen LogP contribution >= 0.6 is 0 Å². The average Bonchev–Trinajstić information content (AvgIpc) is 3.17.